The van der Waals surface area contributed by atoms with Crippen molar-refractivity contribution in [3.63, 3.8) is 0 Å². The zero-order valence-electron chi connectivity index (χ0n) is 8.30. The predicted molar refractivity (Wildman–Crippen MR) is 64.5 cm³/mol. The monoisotopic (exact) mass is 215 g/mol. The molecule has 0 radical (unpaired) electrons. The normalized spacial score (nSPS) is 24.6. The van der Waals surface area contributed by atoms with Gasteiger partial charge in [0.05, 0.1) is 0 Å². The number of hydrogen-bond acceptors (Lipinski definition) is 3. The van der Waals surface area contributed by atoms with E-state index in [-0.39, 0.29) is 0 Å². The van der Waals surface area contributed by atoms with Gasteiger partial charge < -0.3 is 5.32 Å². The third-order valence-corrected chi connectivity index (χ3v) is 5.08. The van der Waals surface area contributed by atoms with Crippen LogP contribution in [0.5, 0.6) is 0 Å². The first-order valence-corrected chi connectivity index (χ1v) is 6.85. The van der Waals surface area contributed by atoms with Crippen LogP contribution in [0.1, 0.15) is 13.3 Å². The van der Waals surface area contributed by atoms with Gasteiger partial charge >= 0.3 is 0 Å². The van der Waals surface area contributed by atoms with Crippen LogP contribution in [0.15, 0.2) is 0 Å². The van der Waals surface area contributed by atoms with Crippen molar-refractivity contribution >= 4 is 23.5 Å². The summed E-state index contributed by atoms with van der Waals surface area (Å²) < 4.78 is 0. The highest BCUT2D eigenvalue weighted by molar-refractivity contribution is 8.06. The zero-order chi connectivity index (χ0) is 9.52. The fourth-order valence-electron chi connectivity index (χ4n) is 1.37. The molecule has 2 unspecified atom stereocenters. The van der Waals surface area contributed by atoms with Gasteiger partial charge in [0.1, 0.15) is 0 Å². The summed E-state index contributed by atoms with van der Waals surface area (Å²) in [4.78, 5) is 0. The molecule has 74 valence electrons. The van der Waals surface area contributed by atoms with Gasteiger partial charge in [0.25, 0.3) is 0 Å². The van der Waals surface area contributed by atoms with E-state index in [2.05, 4.69) is 40.7 Å². The summed E-state index contributed by atoms with van der Waals surface area (Å²) in [6, 6.07) is 0.574. The van der Waals surface area contributed by atoms with Crippen LogP contribution in [-0.4, -0.2) is 35.6 Å². The molecule has 1 aliphatic rings. The van der Waals surface area contributed by atoms with Gasteiger partial charge in [0.15, 0.2) is 0 Å². The first-order chi connectivity index (χ1) is 6.38. The topological polar surface area (TPSA) is 12.0 Å². The van der Waals surface area contributed by atoms with E-state index in [1.807, 2.05) is 14.0 Å². The van der Waals surface area contributed by atoms with Crippen molar-refractivity contribution in [2.24, 2.45) is 0 Å². The maximum absolute atomic E-state index is 3.37. The lowest BCUT2D eigenvalue weighted by Crippen LogP contribution is -2.38. The van der Waals surface area contributed by atoms with Crippen molar-refractivity contribution in [2.45, 2.75) is 24.6 Å². The lowest BCUT2D eigenvalue weighted by molar-refractivity contribution is 0.573. The fourth-order valence-corrected chi connectivity index (χ4v) is 4.30. The molecule has 1 heterocycles. The summed E-state index contributed by atoms with van der Waals surface area (Å²) in [6.45, 7) is 1.91. The maximum Gasteiger partial charge on any atom is 0.0301 e. The van der Waals surface area contributed by atoms with E-state index in [0.29, 0.717) is 6.04 Å². The van der Waals surface area contributed by atoms with Gasteiger partial charge in [-0.1, -0.05) is 0 Å². The maximum atomic E-state index is 3.37. The predicted octanol–water partition coefficient (Wildman–Crippen LogP) is 1.84. The Morgan fingerprint density at radius 3 is 2.92 bits per heavy atom. The molecule has 3 heteroatoms. The van der Waals surface area contributed by atoms with Crippen LogP contribution >= 0.6 is 23.5 Å². The first-order valence-electron chi connectivity index (χ1n) is 4.64. The Bertz CT molecular complexity index is 189. The molecule has 1 fully saturated rings. The van der Waals surface area contributed by atoms with E-state index in [0.717, 1.165) is 11.7 Å². The van der Waals surface area contributed by atoms with Crippen molar-refractivity contribution in [1.82, 2.24) is 5.32 Å². The van der Waals surface area contributed by atoms with E-state index < -0.39 is 0 Å². The van der Waals surface area contributed by atoms with E-state index in [1.54, 1.807) is 0 Å². The van der Waals surface area contributed by atoms with Crippen LogP contribution < -0.4 is 5.32 Å². The largest absolute Gasteiger partial charge is 0.315 e. The van der Waals surface area contributed by atoms with Crippen molar-refractivity contribution in [1.29, 1.82) is 0 Å². The summed E-state index contributed by atoms with van der Waals surface area (Å²) in [5, 5.41) is 4.12. The van der Waals surface area contributed by atoms with Gasteiger partial charge in [0, 0.05) is 35.0 Å². The van der Waals surface area contributed by atoms with E-state index >= 15 is 0 Å². The van der Waals surface area contributed by atoms with Crippen LogP contribution in [0.25, 0.3) is 0 Å². The Balaban J connectivity index is 2.37. The van der Waals surface area contributed by atoms with Gasteiger partial charge in [-0.2, -0.15) is 23.5 Å². The smallest absolute Gasteiger partial charge is 0.0301 e. The van der Waals surface area contributed by atoms with E-state index in [9.17, 15) is 0 Å². The van der Waals surface area contributed by atoms with Gasteiger partial charge in [-0.15, -0.1) is 11.8 Å². The second-order valence-corrected chi connectivity index (χ2v) is 5.51. The van der Waals surface area contributed by atoms with Crippen molar-refractivity contribution in [2.75, 3.05) is 24.3 Å². The summed E-state index contributed by atoms with van der Waals surface area (Å²) in [6.07, 6.45) is 0.991. The van der Waals surface area contributed by atoms with E-state index in [4.69, 9.17) is 0 Å². The van der Waals surface area contributed by atoms with Gasteiger partial charge in [-0.3, -0.25) is 0 Å². The van der Waals surface area contributed by atoms with Crippen molar-refractivity contribution < 1.29 is 0 Å². The Morgan fingerprint density at radius 2 is 2.38 bits per heavy atom. The highest BCUT2D eigenvalue weighted by Crippen LogP contribution is 2.27. The number of nitrogens with one attached hydrogen (secondary N) is 1. The molecule has 0 bridgehead atoms. The molecule has 0 aromatic rings. The second-order valence-electron chi connectivity index (χ2n) is 3.01. The quantitative estimate of drug-likeness (QED) is 0.722. The molecule has 0 aliphatic carbocycles. The minimum Gasteiger partial charge on any atom is -0.315 e. The average Bonchev–Trinajstić information content (AvgIpc) is 2.21. The molecule has 0 aromatic heterocycles. The molecule has 1 rings (SSSR count). The number of thioether (sulfide) groups is 2. The van der Waals surface area contributed by atoms with Crippen LogP contribution in [-0.2, 0) is 0 Å². The van der Waals surface area contributed by atoms with Gasteiger partial charge in [-0.05, 0) is 14.0 Å². The van der Waals surface area contributed by atoms with Crippen LogP contribution in [0.4, 0.5) is 0 Å². The van der Waals surface area contributed by atoms with Crippen LogP contribution in [0.2, 0.25) is 0 Å². The third kappa shape index (κ3) is 3.84. The Hall–Kier alpha value is 0.220. The van der Waals surface area contributed by atoms with Crippen molar-refractivity contribution in [3.05, 3.63) is 0 Å². The Kier molecular flexibility index (Phi) is 5.77. The lowest BCUT2D eigenvalue weighted by Gasteiger charge is -2.27. The lowest BCUT2D eigenvalue weighted by atomic mass is 10.1. The molecule has 0 spiro atoms. The van der Waals surface area contributed by atoms with Crippen LogP contribution in [0.3, 0.4) is 0 Å². The molecule has 1 N–H and O–H groups in total. The molecular weight excluding hydrogens is 198 g/mol. The summed E-state index contributed by atoms with van der Waals surface area (Å²) in [5.41, 5.74) is 0. The standard InChI is InChI=1S/C10H17NS2/c1-3-4-5-9(11-2)10-8-12-6-7-13-10/h9-11H,5-8H2,1-2H3. The summed E-state index contributed by atoms with van der Waals surface area (Å²) in [7, 11) is 2.04. The summed E-state index contributed by atoms with van der Waals surface area (Å²) >= 11 is 4.17. The molecule has 1 nitrogen and oxygen atoms in total. The third-order valence-electron chi connectivity index (χ3n) is 2.16. The number of rotatable bonds is 3. The molecule has 0 aromatic carbocycles. The minimum atomic E-state index is 0.574. The Morgan fingerprint density at radius 1 is 1.54 bits per heavy atom. The molecule has 0 saturated carbocycles. The zero-order valence-corrected chi connectivity index (χ0v) is 9.93. The minimum absolute atomic E-state index is 0.574. The van der Waals surface area contributed by atoms with Crippen molar-refractivity contribution in [3.8, 4) is 11.8 Å². The molecule has 1 saturated heterocycles. The summed E-state index contributed by atoms with van der Waals surface area (Å²) in [5.74, 6) is 10.0. The number of hydrogen-bond donors (Lipinski definition) is 1. The molecule has 1 aliphatic heterocycles. The molecule has 2 atom stereocenters. The van der Waals surface area contributed by atoms with Gasteiger partial charge in [-0.25, -0.2) is 0 Å². The first kappa shape index (κ1) is 11.3. The molecule has 13 heavy (non-hydrogen) atoms. The van der Waals surface area contributed by atoms with Gasteiger partial charge in [0.2, 0.25) is 0 Å². The highest BCUT2D eigenvalue weighted by Gasteiger charge is 2.22. The molecule has 0 amide bonds. The molecular formula is C10H17NS2. The second kappa shape index (κ2) is 6.64. The van der Waals surface area contributed by atoms with Crippen LogP contribution in [0, 0.1) is 11.8 Å². The fraction of sp³-hybridized carbons (Fsp3) is 0.800. The Labute approximate surface area is 89.8 Å². The SMILES string of the molecule is CC#CCC(NC)C1CSCCS1. The van der Waals surface area contributed by atoms with E-state index in [1.165, 1.54) is 17.3 Å². The highest BCUT2D eigenvalue weighted by atomic mass is 32.2. The average molecular weight is 215 g/mol.